The summed E-state index contributed by atoms with van der Waals surface area (Å²) in [7, 11) is 6.42. The Labute approximate surface area is 548 Å². The Bertz CT molecular complexity index is 4660. The van der Waals surface area contributed by atoms with Crippen LogP contribution in [0.1, 0.15) is 128 Å². The zero-order valence-electron chi connectivity index (χ0n) is 55.6. The van der Waals surface area contributed by atoms with Crippen LogP contribution < -0.4 is 9.47 Å². The summed E-state index contributed by atoms with van der Waals surface area (Å²) in [5.74, 6) is 1.63. The standard InChI is InChI=1S/C33H30O4.C29H24.C25H28O2/c1-21-26(20-37-36-4)18-24-14-8-10-16-27(24)30(21)32(23-12-6-5-7-13-23)31-22(2)29(33(34)35-3)19-25-15-9-11-17-28(25)31;1-20-16-18-22-10-6-8-14-25(22)27(20)29(24-12-4-3-5-13-24)28-21(2)17-19-23-11-7-9-15-26(23)28;1-16-12-21(26-5)14-23(18(16)3)25(20-10-8-7-9-11-20)24-15-22(27-6)13-17(2)19(24)4/h5-19,32H,20H2,1-4H3;3-19,29H,1-2H3;7-15,25H,1-6H3. The second kappa shape index (κ2) is 29.0. The minimum absolute atomic E-state index is 0.119. The lowest BCUT2D eigenvalue weighted by Crippen LogP contribution is -2.14. The first-order chi connectivity index (χ1) is 45.2. The predicted octanol–water partition coefficient (Wildman–Crippen LogP) is 21.6. The second-order valence-corrected chi connectivity index (χ2v) is 24.3. The molecule has 1 atom stereocenters. The van der Waals surface area contributed by atoms with Gasteiger partial charge in [0.1, 0.15) is 18.1 Å². The van der Waals surface area contributed by atoms with E-state index in [1.165, 1.54) is 113 Å². The van der Waals surface area contributed by atoms with Gasteiger partial charge in [-0.3, -0.25) is 0 Å². The third kappa shape index (κ3) is 13.3. The van der Waals surface area contributed by atoms with Crippen LogP contribution in [0.5, 0.6) is 11.5 Å². The zero-order valence-corrected chi connectivity index (χ0v) is 55.6. The van der Waals surface area contributed by atoms with Gasteiger partial charge in [-0.15, -0.1) is 0 Å². The number of hydrogen-bond acceptors (Lipinski definition) is 6. The molecule has 0 aliphatic rings. The van der Waals surface area contributed by atoms with Crippen molar-refractivity contribution < 1.29 is 28.8 Å². The molecule has 13 aromatic rings. The number of methoxy groups -OCH3 is 3. The maximum Gasteiger partial charge on any atom is 0.338 e. The van der Waals surface area contributed by atoms with Gasteiger partial charge in [0.05, 0.1) is 34.0 Å². The first kappa shape index (κ1) is 64.4. The van der Waals surface area contributed by atoms with Gasteiger partial charge in [0.15, 0.2) is 0 Å². The van der Waals surface area contributed by atoms with Crippen LogP contribution >= 0.6 is 0 Å². The SMILES string of the molecule is COOCc1cc2ccccc2c(C(c2ccccc2)c2c(C)c(C(=O)OC)cc3ccccc23)c1C.COc1cc(C)c(C)c(C(c2ccccc2)c2cc(OC)cc(C)c2C)c1.Cc1ccc2ccccc2c1C(c1ccccc1)c1c(C)ccc2ccccc12. The van der Waals surface area contributed by atoms with Gasteiger partial charge >= 0.3 is 5.97 Å². The highest BCUT2D eigenvalue weighted by Crippen LogP contribution is 2.46. The highest BCUT2D eigenvalue weighted by Gasteiger charge is 2.30. The number of benzene rings is 13. The molecule has 0 aliphatic heterocycles. The van der Waals surface area contributed by atoms with E-state index in [1.54, 1.807) is 14.2 Å². The summed E-state index contributed by atoms with van der Waals surface area (Å²) in [6.45, 7) is 17.7. The second-order valence-electron chi connectivity index (χ2n) is 24.3. The maximum absolute atomic E-state index is 12.9. The minimum Gasteiger partial charge on any atom is -0.497 e. The van der Waals surface area contributed by atoms with Crippen molar-refractivity contribution in [1.82, 2.24) is 0 Å². The Balaban J connectivity index is 0.000000145. The van der Waals surface area contributed by atoms with E-state index in [9.17, 15) is 4.79 Å². The van der Waals surface area contributed by atoms with Gasteiger partial charge in [0.25, 0.3) is 0 Å². The molecule has 1 unspecified atom stereocenters. The quantitative estimate of drug-likeness (QED) is 0.0441. The normalized spacial score (nSPS) is 11.5. The van der Waals surface area contributed by atoms with E-state index in [-0.39, 0.29) is 23.7 Å². The molecule has 0 aromatic heterocycles. The molecule has 93 heavy (non-hydrogen) atoms. The van der Waals surface area contributed by atoms with E-state index in [2.05, 4.69) is 279 Å². The molecule has 0 amide bonds. The number of carbonyl (C=O) groups is 1. The van der Waals surface area contributed by atoms with Gasteiger partial charge in [-0.25, -0.2) is 14.6 Å². The van der Waals surface area contributed by atoms with Crippen LogP contribution in [-0.2, 0) is 21.1 Å². The summed E-state index contributed by atoms with van der Waals surface area (Å²) in [5.41, 5.74) is 22.8. The van der Waals surface area contributed by atoms with Crippen molar-refractivity contribution in [2.24, 2.45) is 0 Å². The van der Waals surface area contributed by atoms with Gasteiger partial charge in [0, 0.05) is 17.8 Å². The third-order valence-corrected chi connectivity index (χ3v) is 18.9. The molecule has 0 spiro atoms. The van der Waals surface area contributed by atoms with E-state index in [0.29, 0.717) is 12.2 Å². The number of aryl methyl sites for hydroxylation is 4. The van der Waals surface area contributed by atoms with Gasteiger partial charge in [-0.05, 0) is 235 Å². The lowest BCUT2D eigenvalue weighted by Gasteiger charge is -2.28. The summed E-state index contributed by atoms with van der Waals surface area (Å²) in [5, 5.41) is 9.70. The van der Waals surface area contributed by atoms with Crippen molar-refractivity contribution in [3.8, 4) is 11.5 Å². The Morgan fingerprint density at radius 3 is 1.12 bits per heavy atom. The molecule has 0 bridgehead atoms. The van der Waals surface area contributed by atoms with Crippen LogP contribution in [0.15, 0.2) is 249 Å². The maximum atomic E-state index is 12.9. The van der Waals surface area contributed by atoms with Crippen molar-refractivity contribution >= 4 is 49.1 Å². The van der Waals surface area contributed by atoms with Crippen LogP contribution in [0.4, 0.5) is 0 Å². The average molecular weight is 1220 g/mol. The fourth-order valence-corrected chi connectivity index (χ4v) is 13.9. The molecule has 0 saturated heterocycles. The lowest BCUT2D eigenvalue weighted by molar-refractivity contribution is -0.282. The highest BCUT2D eigenvalue weighted by molar-refractivity contribution is 6.01. The highest BCUT2D eigenvalue weighted by atomic mass is 17.2. The molecule has 6 heteroatoms. The van der Waals surface area contributed by atoms with Crippen molar-refractivity contribution in [2.45, 2.75) is 79.8 Å². The predicted molar refractivity (Wildman–Crippen MR) is 385 cm³/mol. The Kier molecular flexibility index (Phi) is 20.1. The van der Waals surface area contributed by atoms with Crippen LogP contribution in [0.2, 0.25) is 0 Å². The zero-order chi connectivity index (χ0) is 65.3. The van der Waals surface area contributed by atoms with Crippen LogP contribution in [0, 0.1) is 55.4 Å². The summed E-state index contributed by atoms with van der Waals surface area (Å²) >= 11 is 0. The molecule has 13 rings (SSSR count). The molecule has 0 heterocycles. The van der Waals surface area contributed by atoms with Gasteiger partial charge in [-0.1, -0.05) is 212 Å². The van der Waals surface area contributed by atoms with Crippen molar-refractivity contribution in [3.05, 3.63) is 354 Å². The van der Waals surface area contributed by atoms with E-state index in [4.69, 9.17) is 24.0 Å². The number of carbonyl (C=O) groups excluding carboxylic acids is 1. The number of rotatable bonds is 15. The average Bonchev–Trinajstić information content (AvgIpc) is 0.762. The van der Waals surface area contributed by atoms with Gasteiger partial charge in [-0.2, -0.15) is 0 Å². The summed E-state index contributed by atoms with van der Waals surface area (Å²) in [6.07, 6.45) is 0. The Morgan fingerprint density at radius 1 is 0.333 bits per heavy atom. The lowest BCUT2D eigenvalue weighted by atomic mass is 9.75. The van der Waals surface area contributed by atoms with Crippen LogP contribution in [0.25, 0.3) is 43.1 Å². The molecule has 6 nitrogen and oxygen atoms in total. The monoisotopic (exact) mass is 1220 g/mol. The molecule has 0 fully saturated rings. The summed E-state index contributed by atoms with van der Waals surface area (Å²) in [6, 6.07) is 88.1. The van der Waals surface area contributed by atoms with Crippen molar-refractivity contribution in [1.29, 1.82) is 0 Å². The number of fused-ring (bicyclic) bond motifs is 4. The van der Waals surface area contributed by atoms with E-state index >= 15 is 0 Å². The van der Waals surface area contributed by atoms with Crippen molar-refractivity contribution in [3.63, 3.8) is 0 Å². The summed E-state index contributed by atoms with van der Waals surface area (Å²) in [4.78, 5) is 23.3. The number of esters is 1. The molecule has 0 radical (unpaired) electrons. The topological polar surface area (TPSA) is 63.2 Å². The smallest absolute Gasteiger partial charge is 0.338 e. The molecule has 0 aliphatic carbocycles. The largest absolute Gasteiger partial charge is 0.497 e. The molecular weight excluding hydrogens is 1140 g/mol. The fourth-order valence-electron chi connectivity index (χ4n) is 13.9. The third-order valence-electron chi connectivity index (χ3n) is 18.9. The van der Waals surface area contributed by atoms with E-state index in [0.717, 1.165) is 55.5 Å². The minimum atomic E-state index is -0.333. The first-order valence-corrected chi connectivity index (χ1v) is 31.9. The van der Waals surface area contributed by atoms with Crippen LogP contribution in [0.3, 0.4) is 0 Å². The Hall–Kier alpha value is -10.1. The number of hydrogen-bond donors (Lipinski definition) is 0. The van der Waals surface area contributed by atoms with E-state index < -0.39 is 0 Å². The first-order valence-electron chi connectivity index (χ1n) is 31.9. The summed E-state index contributed by atoms with van der Waals surface area (Å²) < 4.78 is 16.4. The van der Waals surface area contributed by atoms with E-state index in [1.807, 2.05) is 25.1 Å². The molecular formula is C87H82O6. The molecule has 466 valence electrons. The molecule has 13 aromatic carbocycles. The molecule has 0 saturated carbocycles. The van der Waals surface area contributed by atoms with Crippen molar-refractivity contribution in [2.75, 3.05) is 28.4 Å². The van der Waals surface area contributed by atoms with Gasteiger partial charge in [0.2, 0.25) is 0 Å². The number of ether oxygens (including phenoxy) is 3. The Morgan fingerprint density at radius 2 is 0.699 bits per heavy atom. The van der Waals surface area contributed by atoms with Gasteiger partial charge < -0.3 is 14.2 Å². The van der Waals surface area contributed by atoms with Crippen LogP contribution in [-0.4, -0.2) is 34.4 Å². The molecule has 0 N–H and O–H groups in total. The fraction of sp³-hybridized carbons (Fsp3) is 0.184.